The summed E-state index contributed by atoms with van der Waals surface area (Å²) in [5.41, 5.74) is 2.23. The van der Waals surface area contributed by atoms with Crippen LogP contribution in [-0.2, 0) is 16.6 Å². The molecule has 0 atom stereocenters. The number of fused-ring (bicyclic) bond motifs is 1. The van der Waals surface area contributed by atoms with E-state index in [9.17, 15) is 4.79 Å². The first-order chi connectivity index (χ1) is 12.3. The number of halogens is 1. The predicted octanol–water partition coefficient (Wildman–Crippen LogP) is 6.12. The second-order valence-electron chi connectivity index (χ2n) is 8.70. The van der Waals surface area contributed by atoms with Crippen LogP contribution in [0.5, 0.6) is 0 Å². The summed E-state index contributed by atoms with van der Waals surface area (Å²) in [5, 5.41) is 3.15. The molecule has 0 bridgehead atoms. The van der Waals surface area contributed by atoms with Gasteiger partial charge in [-0.2, -0.15) is 0 Å². The maximum absolute atomic E-state index is 12.7. The Hall–Kier alpha value is -1.54. The highest BCUT2D eigenvalue weighted by atomic mass is 35.5. The lowest BCUT2D eigenvalue weighted by Gasteiger charge is -2.31. The fourth-order valence-corrected chi connectivity index (χ4v) is 4.64. The molecule has 0 heterocycles. The number of hydrogen-bond donors (Lipinski definition) is 0. The van der Waals surface area contributed by atoms with Gasteiger partial charge in [-0.3, -0.25) is 4.79 Å². The molecule has 2 aromatic rings. The monoisotopic (exact) mass is 371 g/mol. The molecule has 26 heavy (non-hydrogen) atoms. The van der Waals surface area contributed by atoms with Crippen molar-refractivity contribution in [2.75, 3.05) is 7.05 Å². The van der Waals surface area contributed by atoms with Crippen LogP contribution in [0.2, 0.25) is 5.02 Å². The first kappa shape index (κ1) is 19.2. The highest BCUT2D eigenvalue weighted by Crippen LogP contribution is 2.36. The molecule has 0 spiro atoms. The van der Waals surface area contributed by atoms with Gasteiger partial charge in [-0.15, -0.1) is 0 Å². The van der Waals surface area contributed by atoms with Crippen LogP contribution in [0.25, 0.3) is 10.8 Å². The Morgan fingerprint density at radius 2 is 1.81 bits per heavy atom. The summed E-state index contributed by atoms with van der Waals surface area (Å²) < 4.78 is 0. The molecule has 1 aliphatic rings. The van der Waals surface area contributed by atoms with Gasteiger partial charge in [0.1, 0.15) is 0 Å². The van der Waals surface area contributed by atoms with Crippen molar-refractivity contribution < 1.29 is 4.79 Å². The summed E-state index contributed by atoms with van der Waals surface area (Å²) in [5.74, 6) is 0.223. The van der Waals surface area contributed by atoms with E-state index in [1.807, 2.05) is 18.0 Å². The third-order valence-electron chi connectivity index (χ3n) is 5.65. The lowest BCUT2D eigenvalue weighted by atomic mass is 9.83. The van der Waals surface area contributed by atoms with E-state index >= 15 is 0 Å². The van der Waals surface area contributed by atoms with Crippen molar-refractivity contribution in [3.8, 4) is 0 Å². The first-order valence-corrected chi connectivity index (χ1v) is 10.1. The molecule has 3 rings (SSSR count). The molecular formula is C23H30ClNO. The molecule has 2 nitrogen and oxygen atoms in total. The van der Waals surface area contributed by atoms with E-state index in [0.717, 1.165) is 28.8 Å². The van der Waals surface area contributed by atoms with Gasteiger partial charge in [0.15, 0.2) is 0 Å². The van der Waals surface area contributed by atoms with Gasteiger partial charge in [-0.05, 0) is 46.2 Å². The number of carbonyl (C=O) groups excluding carboxylic acids is 1. The van der Waals surface area contributed by atoms with Crippen molar-refractivity contribution in [2.24, 2.45) is 0 Å². The predicted molar refractivity (Wildman–Crippen MR) is 111 cm³/mol. The standard InChI is InChI=1S/C23H30ClNO/c1-23(2,3)22-19-12-10-16(14-17(19)11-13-20(22)24)15-21(26)25(4)18-8-6-5-7-9-18/h10-14,18H,5-9,15H2,1-4H3. The van der Waals surface area contributed by atoms with Crippen molar-refractivity contribution in [1.29, 1.82) is 0 Å². The third kappa shape index (κ3) is 4.06. The zero-order chi connectivity index (χ0) is 18.9. The molecule has 1 amide bonds. The van der Waals surface area contributed by atoms with Crippen molar-refractivity contribution in [3.05, 3.63) is 46.5 Å². The van der Waals surface area contributed by atoms with Gasteiger partial charge in [0, 0.05) is 18.1 Å². The molecule has 140 valence electrons. The zero-order valence-corrected chi connectivity index (χ0v) is 17.2. The number of hydrogen-bond acceptors (Lipinski definition) is 1. The molecule has 1 fully saturated rings. The molecule has 0 unspecified atom stereocenters. The average Bonchev–Trinajstić information content (AvgIpc) is 2.60. The van der Waals surface area contributed by atoms with E-state index in [2.05, 4.69) is 45.0 Å². The van der Waals surface area contributed by atoms with Gasteiger partial charge in [0.25, 0.3) is 0 Å². The maximum atomic E-state index is 12.7. The van der Waals surface area contributed by atoms with Crippen molar-refractivity contribution >= 4 is 28.3 Å². The van der Waals surface area contributed by atoms with Crippen LogP contribution in [0.4, 0.5) is 0 Å². The molecule has 0 N–H and O–H groups in total. The Bertz CT molecular complexity index is 800. The molecule has 3 heteroatoms. The summed E-state index contributed by atoms with van der Waals surface area (Å²) >= 11 is 6.48. The highest BCUT2D eigenvalue weighted by molar-refractivity contribution is 6.32. The number of likely N-dealkylation sites (N-methyl/N-ethyl adjacent to an activating group) is 1. The van der Waals surface area contributed by atoms with Crippen molar-refractivity contribution in [2.45, 2.75) is 70.8 Å². The Morgan fingerprint density at radius 3 is 2.46 bits per heavy atom. The number of carbonyl (C=O) groups is 1. The van der Waals surface area contributed by atoms with Crippen LogP contribution in [-0.4, -0.2) is 23.9 Å². The van der Waals surface area contributed by atoms with Gasteiger partial charge >= 0.3 is 0 Å². The van der Waals surface area contributed by atoms with Gasteiger partial charge in [-0.25, -0.2) is 0 Å². The summed E-state index contributed by atoms with van der Waals surface area (Å²) in [6, 6.07) is 10.8. The summed E-state index contributed by atoms with van der Waals surface area (Å²) in [4.78, 5) is 14.7. The first-order valence-electron chi connectivity index (χ1n) is 9.74. The minimum absolute atomic E-state index is 0.0187. The van der Waals surface area contributed by atoms with E-state index in [-0.39, 0.29) is 11.3 Å². The summed E-state index contributed by atoms with van der Waals surface area (Å²) in [6.07, 6.45) is 6.56. The summed E-state index contributed by atoms with van der Waals surface area (Å²) in [7, 11) is 1.97. The van der Waals surface area contributed by atoms with E-state index in [1.165, 1.54) is 30.2 Å². The number of amides is 1. The van der Waals surface area contributed by atoms with E-state index < -0.39 is 0 Å². The van der Waals surface area contributed by atoms with Crippen LogP contribution >= 0.6 is 11.6 Å². The van der Waals surface area contributed by atoms with Gasteiger partial charge in [-0.1, -0.05) is 75.9 Å². The van der Waals surface area contributed by atoms with Gasteiger partial charge < -0.3 is 4.90 Å². The number of nitrogens with zero attached hydrogens (tertiary/aromatic N) is 1. The Labute approximate surface area is 162 Å². The quantitative estimate of drug-likeness (QED) is 0.636. The van der Waals surface area contributed by atoms with Crippen LogP contribution in [0.15, 0.2) is 30.3 Å². The van der Waals surface area contributed by atoms with Gasteiger partial charge in [0.2, 0.25) is 5.91 Å². The topological polar surface area (TPSA) is 20.3 Å². The number of rotatable bonds is 3. The van der Waals surface area contributed by atoms with E-state index in [0.29, 0.717) is 12.5 Å². The molecule has 2 aromatic carbocycles. The highest BCUT2D eigenvalue weighted by Gasteiger charge is 2.23. The lowest BCUT2D eigenvalue weighted by Crippen LogP contribution is -2.39. The van der Waals surface area contributed by atoms with Gasteiger partial charge in [0.05, 0.1) is 6.42 Å². The van der Waals surface area contributed by atoms with Crippen molar-refractivity contribution in [1.82, 2.24) is 4.90 Å². The molecule has 0 radical (unpaired) electrons. The minimum atomic E-state index is -0.0187. The second-order valence-corrected chi connectivity index (χ2v) is 9.11. The fraction of sp³-hybridized carbons (Fsp3) is 0.522. The minimum Gasteiger partial charge on any atom is -0.342 e. The summed E-state index contributed by atoms with van der Waals surface area (Å²) in [6.45, 7) is 6.55. The molecule has 1 aliphatic carbocycles. The third-order valence-corrected chi connectivity index (χ3v) is 5.97. The zero-order valence-electron chi connectivity index (χ0n) is 16.4. The fourth-order valence-electron chi connectivity index (χ4n) is 4.20. The van der Waals surface area contributed by atoms with Crippen LogP contribution in [0.1, 0.15) is 64.0 Å². The van der Waals surface area contributed by atoms with Crippen LogP contribution in [0, 0.1) is 0 Å². The van der Waals surface area contributed by atoms with E-state index in [1.54, 1.807) is 0 Å². The SMILES string of the molecule is CN(C(=O)Cc1ccc2c(C(C)(C)C)c(Cl)ccc2c1)C1CCCCC1. The average molecular weight is 372 g/mol. The van der Waals surface area contributed by atoms with E-state index in [4.69, 9.17) is 11.6 Å². The van der Waals surface area contributed by atoms with Crippen LogP contribution in [0.3, 0.4) is 0 Å². The maximum Gasteiger partial charge on any atom is 0.226 e. The Morgan fingerprint density at radius 1 is 1.12 bits per heavy atom. The lowest BCUT2D eigenvalue weighted by molar-refractivity contribution is -0.131. The molecule has 0 aromatic heterocycles. The normalized spacial score (nSPS) is 16.0. The van der Waals surface area contributed by atoms with Crippen LogP contribution < -0.4 is 0 Å². The molecule has 0 aliphatic heterocycles. The molecule has 0 saturated heterocycles. The second kappa shape index (κ2) is 7.60. The number of benzene rings is 2. The Kier molecular flexibility index (Phi) is 5.62. The Balaban J connectivity index is 1.83. The molecule has 1 saturated carbocycles. The molecular weight excluding hydrogens is 342 g/mol. The largest absolute Gasteiger partial charge is 0.342 e. The smallest absolute Gasteiger partial charge is 0.226 e. The van der Waals surface area contributed by atoms with Crippen molar-refractivity contribution in [3.63, 3.8) is 0 Å².